The molecule has 3 aromatic heterocycles. The Hall–Kier alpha value is -2.11. The summed E-state index contributed by atoms with van der Waals surface area (Å²) in [6.45, 7) is 13.8. The molecule has 3 aliphatic rings. The fourth-order valence-corrected chi connectivity index (χ4v) is 6.41. The van der Waals surface area contributed by atoms with Gasteiger partial charge in [0.15, 0.2) is 0 Å². The Morgan fingerprint density at radius 1 is 1.03 bits per heavy atom. The maximum absolute atomic E-state index is 6.25. The van der Waals surface area contributed by atoms with E-state index in [2.05, 4.69) is 33.9 Å². The number of fused-ring (bicyclic) bond motifs is 5. The average Bonchev–Trinajstić information content (AvgIpc) is 3.26. The molecule has 9 nitrogen and oxygen atoms in total. The lowest BCUT2D eigenvalue weighted by molar-refractivity contribution is -0.0396. The predicted molar refractivity (Wildman–Crippen MR) is 139 cm³/mol. The van der Waals surface area contributed by atoms with Crippen molar-refractivity contribution in [2.24, 2.45) is 0 Å². The summed E-state index contributed by atoms with van der Waals surface area (Å²) in [5, 5.41) is 4.76. The van der Waals surface area contributed by atoms with E-state index in [0.29, 0.717) is 6.61 Å². The number of hydrogen-bond donors (Lipinski definition) is 1. The molecule has 0 bridgehead atoms. The molecule has 0 aliphatic carbocycles. The van der Waals surface area contributed by atoms with Crippen molar-refractivity contribution in [1.82, 2.24) is 19.9 Å². The number of anilines is 2. The molecule has 2 saturated heterocycles. The van der Waals surface area contributed by atoms with Gasteiger partial charge in [0.2, 0.25) is 0 Å². The van der Waals surface area contributed by atoms with Gasteiger partial charge in [0.05, 0.1) is 48.9 Å². The van der Waals surface area contributed by atoms with Crippen LogP contribution in [0.3, 0.4) is 0 Å². The van der Waals surface area contributed by atoms with Crippen molar-refractivity contribution < 1.29 is 14.2 Å². The normalized spacial score (nSPS) is 20.9. The van der Waals surface area contributed by atoms with Gasteiger partial charge in [0, 0.05) is 50.1 Å². The quantitative estimate of drug-likeness (QED) is 0.516. The lowest BCUT2D eigenvalue weighted by Crippen LogP contribution is -2.39. The third-order valence-corrected chi connectivity index (χ3v) is 8.24. The summed E-state index contributed by atoms with van der Waals surface area (Å²) in [6, 6.07) is 0. The van der Waals surface area contributed by atoms with Crippen LogP contribution < -0.4 is 10.2 Å². The molecule has 0 aromatic carbocycles. The van der Waals surface area contributed by atoms with E-state index in [1.54, 1.807) is 17.7 Å². The first-order valence-corrected chi connectivity index (χ1v) is 13.5. The van der Waals surface area contributed by atoms with Gasteiger partial charge in [-0.3, -0.25) is 4.90 Å². The summed E-state index contributed by atoms with van der Waals surface area (Å²) in [4.78, 5) is 20.4. The SMILES string of the molecule is CC1(C)Cc2c(c(N3CCOCC3)nc3sc4c(NCCCN5CCOCC5)ncnc4c23)CO1. The zero-order chi connectivity index (χ0) is 23.8. The number of morpholine rings is 2. The molecule has 0 amide bonds. The summed E-state index contributed by atoms with van der Waals surface area (Å²) in [7, 11) is 0. The summed E-state index contributed by atoms with van der Waals surface area (Å²) >= 11 is 1.70. The van der Waals surface area contributed by atoms with E-state index in [-0.39, 0.29) is 5.60 Å². The Kier molecular flexibility index (Phi) is 6.48. The Balaban J connectivity index is 1.34. The molecular formula is C25H34N6O3S. The first-order chi connectivity index (χ1) is 17.1. The van der Waals surface area contributed by atoms with E-state index in [1.165, 1.54) is 16.5 Å². The van der Waals surface area contributed by atoms with E-state index >= 15 is 0 Å². The van der Waals surface area contributed by atoms with Crippen molar-refractivity contribution in [1.29, 1.82) is 0 Å². The monoisotopic (exact) mass is 498 g/mol. The van der Waals surface area contributed by atoms with Crippen molar-refractivity contribution >= 4 is 43.4 Å². The topological polar surface area (TPSA) is 84.9 Å². The number of nitrogens with one attached hydrogen (secondary N) is 1. The van der Waals surface area contributed by atoms with Crippen molar-refractivity contribution in [3.63, 3.8) is 0 Å². The van der Waals surface area contributed by atoms with Crippen LogP contribution in [0.1, 0.15) is 31.4 Å². The van der Waals surface area contributed by atoms with Crippen LogP contribution >= 0.6 is 11.3 Å². The molecule has 0 saturated carbocycles. The van der Waals surface area contributed by atoms with Gasteiger partial charge in [-0.25, -0.2) is 15.0 Å². The highest BCUT2D eigenvalue weighted by Crippen LogP contribution is 2.44. The molecular weight excluding hydrogens is 464 g/mol. The molecule has 10 heteroatoms. The Morgan fingerprint density at radius 3 is 2.60 bits per heavy atom. The van der Waals surface area contributed by atoms with Gasteiger partial charge in [0.25, 0.3) is 0 Å². The standard InChI is InChI=1S/C25H34N6O3S/c1-25(2)14-17-18(15-34-25)23(31-8-12-33-13-9-31)29-24-19(17)20-21(35-24)22(28-16-27-20)26-4-3-5-30-6-10-32-11-7-30/h16H,3-15H2,1-2H3,(H,26,27,28). The number of ether oxygens (including phenoxy) is 3. The van der Waals surface area contributed by atoms with Crippen molar-refractivity contribution in [3.8, 4) is 0 Å². The largest absolute Gasteiger partial charge is 0.379 e. The van der Waals surface area contributed by atoms with Crippen LogP contribution in [0, 0.1) is 0 Å². The van der Waals surface area contributed by atoms with Crippen LogP contribution in [-0.2, 0) is 27.2 Å². The van der Waals surface area contributed by atoms with Gasteiger partial charge in [-0.05, 0) is 32.4 Å². The summed E-state index contributed by atoms with van der Waals surface area (Å²) in [5.41, 5.74) is 3.32. The zero-order valence-corrected chi connectivity index (χ0v) is 21.5. The number of hydrogen-bond acceptors (Lipinski definition) is 10. The zero-order valence-electron chi connectivity index (χ0n) is 20.6. The van der Waals surface area contributed by atoms with E-state index in [9.17, 15) is 0 Å². The van der Waals surface area contributed by atoms with Gasteiger partial charge >= 0.3 is 0 Å². The average molecular weight is 499 g/mol. The molecule has 0 unspecified atom stereocenters. The molecule has 0 spiro atoms. The van der Waals surface area contributed by atoms with Gasteiger partial charge in [-0.15, -0.1) is 11.3 Å². The summed E-state index contributed by atoms with van der Waals surface area (Å²) in [6.07, 6.45) is 3.60. The minimum absolute atomic E-state index is 0.217. The van der Waals surface area contributed by atoms with Gasteiger partial charge in [-0.2, -0.15) is 0 Å². The molecule has 0 radical (unpaired) electrons. The van der Waals surface area contributed by atoms with E-state index in [1.807, 2.05) is 0 Å². The molecule has 0 atom stereocenters. The third-order valence-electron chi connectivity index (χ3n) is 7.16. The highest BCUT2D eigenvalue weighted by Gasteiger charge is 2.33. The maximum atomic E-state index is 6.25. The maximum Gasteiger partial charge on any atom is 0.147 e. The molecule has 188 valence electrons. The molecule has 1 N–H and O–H groups in total. The van der Waals surface area contributed by atoms with E-state index in [4.69, 9.17) is 24.2 Å². The second-order valence-corrected chi connectivity index (χ2v) is 11.1. The van der Waals surface area contributed by atoms with Crippen molar-refractivity contribution in [2.75, 3.05) is 75.9 Å². The van der Waals surface area contributed by atoms with E-state index < -0.39 is 0 Å². The highest BCUT2D eigenvalue weighted by atomic mass is 32.1. The van der Waals surface area contributed by atoms with E-state index in [0.717, 1.165) is 105 Å². The van der Waals surface area contributed by atoms with Gasteiger partial charge < -0.3 is 24.4 Å². The van der Waals surface area contributed by atoms with Crippen LogP contribution in [0.25, 0.3) is 20.4 Å². The summed E-state index contributed by atoms with van der Waals surface area (Å²) in [5.74, 6) is 1.96. The van der Waals surface area contributed by atoms with Crippen LogP contribution in [0.5, 0.6) is 0 Å². The number of nitrogens with zero attached hydrogens (tertiary/aromatic N) is 5. The molecule has 3 aliphatic heterocycles. The Morgan fingerprint density at radius 2 is 1.80 bits per heavy atom. The van der Waals surface area contributed by atoms with Crippen LogP contribution in [-0.4, -0.2) is 91.1 Å². The fraction of sp³-hybridized carbons (Fsp3) is 0.640. The second kappa shape index (κ2) is 9.74. The number of pyridine rings is 1. The molecule has 2 fully saturated rings. The lowest BCUT2D eigenvalue weighted by atomic mass is 9.90. The predicted octanol–water partition coefficient (Wildman–Crippen LogP) is 3.06. The lowest BCUT2D eigenvalue weighted by Gasteiger charge is -2.36. The Bertz CT molecular complexity index is 1200. The highest BCUT2D eigenvalue weighted by molar-refractivity contribution is 7.26. The minimum atomic E-state index is -0.217. The third kappa shape index (κ3) is 4.70. The number of aromatic nitrogens is 3. The smallest absolute Gasteiger partial charge is 0.147 e. The molecule has 6 rings (SSSR count). The Labute approximate surface area is 209 Å². The van der Waals surface area contributed by atoms with Crippen LogP contribution in [0.15, 0.2) is 6.33 Å². The summed E-state index contributed by atoms with van der Waals surface area (Å²) < 4.78 is 18.4. The first-order valence-electron chi connectivity index (χ1n) is 12.7. The minimum Gasteiger partial charge on any atom is -0.379 e. The van der Waals surface area contributed by atoms with Gasteiger partial charge in [0.1, 0.15) is 22.8 Å². The van der Waals surface area contributed by atoms with Crippen LogP contribution in [0.4, 0.5) is 11.6 Å². The van der Waals surface area contributed by atoms with Crippen LogP contribution in [0.2, 0.25) is 0 Å². The van der Waals surface area contributed by atoms with Crippen molar-refractivity contribution in [2.45, 2.75) is 38.9 Å². The number of thiophene rings is 1. The molecule has 35 heavy (non-hydrogen) atoms. The fourth-order valence-electron chi connectivity index (χ4n) is 5.29. The van der Waals surface area contributed by atoms with Gasteiger partial charge in [-0.1, -0.05) is 0 Å². The second-order valence-electron chi connectivity index (χ2n) is 10.1. The first kappa shape index (κ1) is 23.3. The molecule has 3 aromatic rings. The number of rotatable bonds is 6. The molecule has 6 heterocycles. The van der Waals surface area contributed by atoms with Crippen molar-refractivity contribution in [3.05, 3.63) is 17.5 Å².